The molecule has 2 atom stereocenters. The Balaban J connectivity index is 2.16. The Bertz CT molecular complexity index is 372. The Morgan fingerprint density at radius 3 is 3.06 bits per heavy atom. The Morgan fingerprint density at radius 1 is 1.50 bits per heavy atom. The lowest BCUT2D eigenvalue weighted by Crippen LogP contribution is -2.22. The van der Waals surface area contributed by atoms with E-state index in [2.05, 4.69) is 28.2 Å². The fourth-order valence-corrected chi connectivity index (χ4v) is 3.58. The van der Waals surface area contributed by atoms with Crippen molar-refractivity contribution in [2.45, 2.75) is 24.6 Å². The third-order valence-electron chi connectivity index (χ3n) is 2.83. The number of benzene rings is 1. The van der Waals surface area contributed by atoms with Crippen LogP contribution in [0.15, 0.2) is 22.7 Å². The highest BCUT2D eigenvalue weighted by Crippen LogP contribution is 2.30. The minimum absolute atomic E-state index is 0.190. The number of thioether (sulfide) groups is 1. The van der Waals surface area contributed by atoms with Gasteiger partial charge in [-0.05, 0) is 30.7 Å². The van der Waals surface area contributed by atoms with E-state index >= 15 is 0 Å². The summed E-state index contributed by atoms with van der Waals surface area (Å²) in [5, 5.41) is 4.22. The van der Waals surface area contributed by atoms with Crippen LogP contribution in [-0.4, -0.2) is 17.5 Å². The largest absolute Gasteiger partial charge is 0.309 e. The number of hydrogen-bond donors (Lipinski definition) is 1. The summed E-state index contributed by atoms with van der Waals surface area (Å²) >= 11 is 5.41. The second-order valence-corrected chi connectivity index (χ2v) is 6.43. The van der Waals surface area contributed by atoms with Crippen LogP contribution in [0.4, 0.5) is 4.39 Å². The molecule has 1 aromatic carbocycles. The van der Waals surface area contributed by atoms with Crippen molar-refractivity contribution in [3.63, 3.8) is 0 Å². The van der Waals surface area contributed by atoms with Gasteiger partial charge in [0.1, 0.15) is 5.82 Å². The molecule has 0 spiro atoms. The first-order valence-corrected chi connectivity index (χ1v) is 7.31. The quantitative estimate of drug-likeness (QED) is 0.848. The maximum atomic E-state index is 13.0. The van der Waals surface area contributed by atoms with Crippen molar-refractivity contribution in [1.29, 1.82) is 0 Å². The van der Waals surface area contributed by atoms with Crippen LogP contribution >= 0.6 is 27.7 Å². The standard InChI is InChI=1S/C12H15BrFNS/c1-8-4-5-15-12(7-16-8)10-3-2-9(14)6-11(10)13/h2-3,6,8,12,15H,4-5,7H2,1H3. The molecular weight excluding hydrogens is 289 g/mol. The molecule has 1 saturated heterocycles. The zero-order valence-electron chi connectivity index (χ0n) is 9.17. The molecule has 1 aliphatic rings. The monoisotopic (exact) mass is 303 g/mol. The van der Waals surface area contributed by atoms with Crippen LogP contribution < -0.4 is 5.32 Å². The first-order valence-electron chi connectivity index (χ1n) is 5.47. The molecule has 1 N–H and O–H groups in total. The van der Waals surface area contributed by atoms with Crippen LogP contribution in [0.25, 0.3) is 0 Å². The molecule has 1 aliphatic heterocycles. The fraction of sp³-hybridized carbons (Fsp3) is 0.500. The Kier molecular flexibility index (Phi) is 4.27. The minimum Gasteiger partial charge on any atom is -0.309 e. The van der Waals surface area contributed by atoms with Crippen LogP contribution in [0.5, 0.6) is 0 Å². The van der Waals surface area contributed by atoms with E-state index in [1.165, 1.54) is 18.6 Å². The van der Waals surface area contributed by atoms with Gasteiger partial charge >= 0.3 is 0 Å². The third kappa shape index (κ3) is 2.99. The second kappa shape index (κ2) is 5.52. The van der Waals surface area contributed by atoms with Gasteiger partial charge < -0.3 is 5.32 Å². The van der Waals surface area contributed by atoms with Crippen molar-refractivity contribution in [3.8, 4) is 0 Å². The van der Waals surface area contributed by atoms with Crippen LogP contribution in [0, 0.1) is 5.82 Å². The molecule has 1 heterocycles. The van der Waals surface area contributed by atoms with Gasteiger partial charge in [-0.1, -0.05) is 28.9 Å². The normalized spacial score (nSPS) is 26.4. The van der Waals surface area contributed by atoms with Gasteiger partial charge in [-0.25, -0.2) is 4.39 Å². The highest BCUT2D eigenvalue weighted by molar-refractivity contribution is 9.10. The molecule has 2 rings (SSSR count). The zero-order chi connectivity index (χ0) is 11.5. The molecule has 4 heteroatoms. The SMILES string of the molecule is CC1CCNC(c2ccc(F)cc2Br)CS1. The van der Waals surface area contributed by atoms with Crippen molar-refractivity contribution in [3.05, 3.63) is 34.1 Å². The van der Waals surface area contributed by atoms with Crippen LogP contribution in [0.3, 0.4) is 0 Å². The first-order chi connectivity index (χ1) is 7.66. The van der Waals surface area contributed by atoms with Gasteiger partial charge in [0.15, 0.2) is 0 Å². The molecule has 0 saturated carbocycles. The van der Waals surface area contributed by atoms with Crippen LogP contribution in [-0.2, 0) is 0 Å². The Hall–Kier alpha value is -0.0600. The number of halogens is 2. The maximum Gasteiger partial charge on any atom is 0.124 e. The summed E-state index contributed by atoms with van der Waals surface area (Å²) in [6.45, 7) is 3.29. The lowest BCUT2D eigenvalue weighted by molar-refractivity contribution is 0.573. The molecule has 0 aliphatic carbocycles. The number of rotatable bonds is 1. The van der Waals surface area contributed by atoms with E-state index in [1.807, 2.05) is 17.8 Å². The maximum absolute atomic E-state index is 13.0. The van der Waals surface area contributed by atoms with Crippen molar-refractivity contribution in [1.82, 2.24) is 5.32 Å². The number of hydrogen-bond acceptors (Lipinski definition) is 2. The van der Waals surface area contributed by atoms with Crippen molar-refractivity contribution >= 4 is 27.7 Å². The third-order valence-corrected chi connectivity index (χ3v) is 4.84. The van der Waals surface area contributed by atoms with Crippen LogP contribution in [0.1, 0.15) is 24.9 Å². The van der Waals surface area contributed by atoms with E-state index in [-0.39, 0.29) is 5.82 Å². The second-order valence-electron chi connectivity index (χ2n) is 4.11. The van der Waals surface area contributed by atoms with Crippen molar-refractivity contribution in [2.75, 3.05) is 12.3 Å². The van der Waals surface area contributed by atoms with Gasteiger partial charge in [0.2, 0.25) is 0 Å². The van der Waals surface area contributed by atoms with Gasteiger partial charge in [0.05, 0.1) is 0 Å². The summed E-state index contributed by atoms with van der Waals surface area (Å²) in [7, 11) is 0. The first kappa shape index (κ1) is 12.4. The van der Waals surface area contributed by atoms with Crippen molar-refractivity contribution in [2.24, 2.45) is 0 Å². The van der Waals surface area contributed by atoms with Gasteiger partial charge in [-0.3, -0.25) is 0 Å². The summed E-state index contributed by atoms with van der Waals surface area (Å²) in [6.07, 6.45) is 1.19. The highest BCUT2D eigenvalue weighted by atomic mass is 79.9. The van der Waals surface area contributed by atoms with Gasteiger partial charge in [0.25, 0.3) is 0 Å². The Morgan fingerprint density at radius 2 is 2.31 bits per heavy atom. The summed E-state index contributed by atoms with van der Waals surface area (Å²) in [4.78, 5) is 0. The lowest BCUT2D eigenvalue weighted by atomic mass is 10.1. The van der Waals surface area contributed by atoms with Gasteiger partial charge in [-0.15, -0.1) is 0 Å². The predicted molar refractivity (Wildman–Crippen MR) is 71.4 cm³/mol. The summed E-state index contributed by atoms with van der Waals surface area (Å²) in [5.74, 6) is 0.857. The molecule has 2 unspecified atom stereocenters. The highest BCUT2D eigenvalue weighted by Gasteiger charge is 2.19. The number of nitrogens with one attached hydrogen (secondary N) is 1. The smallest absolute Gasteiger partial charge is 0.124 e. The molecule has 1 aromatic rings. The molecule has 1 fully saturated rings. The predicted octanol–water partition coefficient (Wildman–Crippen LogP) is 3.74. The topological polar surface area (TPSA) is 12.0 Å². The minimum atomic E-state index is -0.190. The van der Waals surface area contributed by atoms with Gasteiger partial charge in [0, 0.05) is 21.5 Å². The molecule has 1 nitrogen and oxygen atoms in total. The van der Waals surface area contributed by atoms with E-state index in [9.17, 15) is 4.39 Å². The van der Waals surface area contributed by atoms with Crippen LogP contribution in [0.2, 0.25) is 0 Å². The summed E-state index contributed by atoms with van der Waals surface area (Å²) < 4.78 is 13.9. The van der Waals surface area contributed by atoms with Crippen molar-refractivity contribution < 1.29 is 4.39 Å². The average Bonchev–Trinajstić information content (AvgIpc) is 2.43. The summed E-state index contributed by atoms with van der Waals surface area (Å²) in [5.41, 5.74) is 1.16. The van der Waals surface area contributed by atoms with E-state index in [4.69, 9.17) is 0 Å². The van der Waals surface area contributed by atoms with E-state index < -0.39 is 0 Å². The molecule has 16 heavy (non-hydrogen) atoms. The lowest BCUT2D eigenvalue weighted by Gasteiger charge is -2.17. The Labute approximate surface area is 108 Å². The fourth-order valence-electron chi connectivity index (χ4n) is 1.85. The molecule has 0 radical (unpaired) electrons. The molecule has 0 bridgehead atoms. The van der Waals surface area contributed by atoms with Gasteiger partial charge in [-0.2, -0.15) is 11.8 Å². The van der Waals surface area contributed by atoms with E-state index in [1.54, 1.807) is 0 Å². The molecular formula is C12H15BrFNS. The average molecular weight is 304 g/mol. The van der Waals surface area contributed by atoms with E-state index in [0.29, 0.717) is 11.3 Å². The van der Waals surface area contributed by atoms with E-state index in [0.717, 1.165) is 22.3 Å². The molecule has 88 valence electrons. The molecule has 0 amide bonds. The zero-order valence-corrected chi connectivity index (χ0v) is 11.6. The summed E-state index contributed by atoms with van der Waals surface area (Å²) in [6, 6.07) is 5.26. The molecule has 0 aromatic heterocycles.